The van der Waals surface area contributed by atoms with Crippen LogP contribution in [0, 0.1) is 6.92 Å². The van der Waals surface area contributed by atoms with Crippen LogP contribution in [-0.2, 0) is 6.18 Å². The average molecular weight is 331 g/mol. The zero-order valence-corrected chi connectivity index (χ0v) is 11.5. The highest BCUT2D eigenvalue weighted by Gasteiger charge is 2.29. The number of aromatic nitrogens is 1. The van der Waals surface area contributed by atoms with Gasteiger partial charge in [-0.3, -0.25) is 0 Å². The topological polar surface area (TPSA) is 24.9 Å². The third-order valence-corrected chi connectivity index (χ3v) is 2.95. The van der Waals surface area contributed by atoms with Crippen molar-refractivity contribution in [2.75, 3.05) is 5.32 Å². The molecule has 1 N–H and O–H groups in total. The van der Waals surface area contributed by atoms with Crippen LogP contribution in [0.4, 0.5) is 24.7 Å². The second-order valence-electron chi connectivity index (χ2n) is 4.02. The number of hydrogen-bond donors (Lipinski definition) is 1. The van der Waals surface area contributed by atoms with Crippen LogP contribution in [0.25, 0.3) is 0 Å². The van der Waals surface area contributed by atoms with Crippen LogP contribution in [0.15, 0.2) is 41.0 Å². The number of hydrogen-bond acceptors (Lipinski definition) is 2. The molecule has 0 saturated carbocycles. The van der Waals surface area contributed by atoms with Gasteiger partial charge in [0.2, 0.25) is 0 Å². The third-order valence-electron chi connectivity index (χ3n) is 2.52. The van der Waals surface area contributed by atoms with E-state index in [-0.39, 0.29) is 0 Å². The number of alkyl halides is 3. The highest BCUT2D eigenvalue weighted by molar-refractivity contribution is 9.10. The maximum absolute atomic E-state index is 12.4. The maximum atomic E-state index is 12.4. The lowest BCUT2D eigenvalue weighted by molar-refractivity contribution is -0.137. The van der Waals surface area contributed by atoms with Crippen LogP contribution < -0.4 is 5.32 Å². The monoisotopic (exact) mass is 330 g/mol. The van der Waals surface area contributed by atoms with Crippen LogP contribution in [-0.4, -0.2) is 4.98 Å². The molecule has 100 valence electrons. The number of pyridine rings is 1. The zero-order valence-electron chi connectivity index (χ0n) is 9.92. The Hall–Kier alpha value is -1.56. The molecular formula is C13H10BrF3N2. The van der Waals surface area contributed by atoms with Crippen molar-refractivity contribution in [3.8, 4) is 0 Å². The van der Waals surface area contributed by atoms with Crippen molar-refractivity contribution in [1.82, 2.24) is 4.98 Å². The number of nitrogens with zero attached hydrogens (tertiary/aromatic N) is 1. The molecule has 0 aliphatic rings. The van der Waals surface area contributed by atoms with Crippen molar-refractivity contribution in [3.05, 3.63) is 52.1 Å². The van der Waals surface area contributed by atoms with Gasteiger partial charge in [0.15, 0.2) is 0 Å². The Morgan fingerprint density at radius 1 is 1.16 bits per heavy atom. The predicted molar refractivity (Wildman–Crippen MR) is 71.4 cm³/mol. The molecule has 0 spiro atoms. The summed E-state index contributed by atoms with van der Waals surface area (Å²) in [6.07, 6.45) is -2.69. The molecule has 1 aromatic heterocycles. The summed E-state index contributed by atoms with van der Waals surface area (Å²) in [4.78, 5) is 4.16. The lowest BCUT2D eigenvalue weighted by atomic mass is 10.2. The summed E-state index contributed by atoms with van der Waals surface area (Å²) in [5.41, 5.74) is 0.790. The van der Waals surface area contributed by atoms with Gasteiger partial charge in [-0.1, -0.05) is 0 Å². The number of nitrogens with one attached hydrogen (secondary N) is 1. The Balaban J connectivity index is 2.20. The van der Waals surface area contributed by atoms with Crippen molar-refractivity contribution in [2.45, 2.75) is 13.1 Å². The first kappa shape index (κ1) is 13.9. The minimum Gasteiger partial charge on any atom is -0.340 e. The van der Waals surface area contributed by atoms with Gasteiger partial charge in [-0.05, 0) is 58.7 Å². The van der Waals surface area contributed by atoms with Gasteiger partial charge in [0, 0.05) is 16.4 Å². The molecule has 2 aromatic rings. The van der Waals surface area contributed by atoms with E-state index < -0.39 is 11.7 Å². The molecule has 0 fully saturated rings. The molecule has 1 aromatic carbocycles. The first-order valence-electron chi connectivity index (χ1n) is 5.43. The first-order valence-corrected chi connectivity index (χ1v) is 6.22. The van der Waals surface area contributed by atoms with E-state index in [1.165, 1.54) is 12.1 Å². The van der Waals surface area contributed by atoms with E-state index in [2.05, 4.69) is 26.2 Å². The number of rotatable bonds is 2. The first-order chi connectivity index (χ1) is 8.86. The van der Waals surface area contributed by atoms with Crippen LogP contribution >= 0.6 is 15.9 Å². The summed E-state index contributed by atoms with van der Waals surface area (Å²) in [5.74, 6) is 0.614. The fourth-order valence-electron chi connectivity index (χ4n) is 1.55. The second kappa shape index (κ2) is 5.21. The van der Waals surface area contributed by atoms with Crippen LogP contribution in [0.2, 0.25) is 0 Å². The third kappa shape index (κ3) is 3.47. The molecule has 19 heavy (non-hydrogen) atoms. The van der Waals surface area contributed by atoms with Crippen molar-refractivity contribution >= 4 is 27.4 Å². The van der Waals surface area contributed by atoms with E-state index in [9.17, 15) is 13.2 Å². The van der Waals surface area contributed by atoms with E-state index in [4.69, 9.17) is 0 Å². The molecule has 0 radical (unpaired) electrons. The van der Waals surface area contributed by atoms with E-state index in [0.29, 0.717) is 11.5 Å². The van der Waals surface area contributed by atoms with E-state index >= 15 is 0 Å². The molecule has 0 saturated heterocycles. The number of aryl methyl sites for hydroxylation is 1. The van der Waals surface area contributed by atoms with Gasteiger partial charge in [0.05, 0.1) is 5.56 Å². The van der Waals surface area contributed by atoms with Gasteiger partial charge in [0.25, 0.3) is 0 Å². The SMILES string of the molecule is Cc1cc(Br)cnc1Nc1ccc(C(F)(F)F)cc1. The minimum atomic E-state index is -4.32. The molecule has 0 aliphatic carbocycles. The molecule has 0 amide bonds. The Bertz CT molecular complexity index is 579. The molecule has 1 heterocycles. The smallest absolute Gasteiger partial charge is 0.340 e. The normalized spacial score (nSPS) is 11.4. The zero-order chi connectivity index (χ0) is 14.0. The molecule has 0 atom stereocenters. The number of benzene rings is 1. The average Bonchev–Trinajstić information content (AvgIpc) is 2.32. The highest BCUT2D eigenvalue weighted by atomic mass is 79.9. The van der Waals surface area contributed by atoms with Gasteiger partial charge in [0.1, 0.15) is 5.82 Å². The Morgan fingerprint density at radius 2 is 1.79 bits per heavy atom. The molecule has 2 rings (SSSR count). The lowest BCUT2D eigenvalue weighted by Gasteiger charge is -2.10. The summed E-state index contributed by atoms with van der Waals surface area (Å²) >= 11 is 3.30. The molecule has 2 nitrogen and oxygen atoms in total. The van der Waals surface area contributed by atoms with Gasteiger partial charge < -0.3 is 5.32 Å². The summed E-state index contributed by atoms with van der Waals surface area (Å²) < 4.78 is 38.1. The van der Waals surface area contributed by atoms with Gasteiger partial charge in [-0.15, -0.1) is 0 Å². The van der Waals surface area contributed by atoms with Crippen molar-refractivity contribution in [2.24, 2.45) is 0 Å². The van der Waals surface area contributed by atoms with Crippen LogP contribution in [0.1, 0.15) is 11.1 Å². The lowest BCUT2D eigenvalue weighted by Crippen LogP contribution is -2.04. The molecule has 0 aliphatic heterocycles. The van der Waals surface area contributed by atoms with Gasteiger partial charge >= 0.3 is 6.18 Å². The molecule has 0 bridgehead atoms. The van der Waals surface area contributed by atoms with Crippen molar-refractivity contribution < 1.29 is 13.2 Å². The van der Waals surface area contributed by atoms with Crippen LogP contribution in [0.3, 0.4) is 0 Å². The fraction of sp³-hybridized carbons (Fsp3) is 0.154. The van der Waals surface area contributed by atoms with Crippen molar-refractivity contribution in [3.63, 3.8) is 0 Å². The summed E-state index contributed by atoms with van der Waals surface area (Å²) in [5, 5.41) is 2.98. The quantitative estimate of drug-likeness (QED) is 0.845. The predicted octanol–water partition coefficient (Wildman–Crippen LogP) is 4.91. The number of anilines is 2. The van der Waals surface area contributed by atoms with E-state index in [1.54, 1.807) is 6.20 Å². The maximum Gasteiger partial charge on any atom is 0.416 e. The Labute approximate surface area is 116 Å². The Morgan fingerprint density at radius 3 is 2.32 bits per heavy atom. The van der Waals surface area contributed by atoms with Gasteiger partial charge in [-0.2, -0.15) is 13.2 Å². The minimum absolute atomic E-state index is 0.561. The summed E-state index contributed by atoms with van der Waals surface area (Å²) in [6, 6.07) is 6.71. The molecule has 0 unspecified atom stereocenters. The highest BCUT2D eigenvalue weighted by Crippen LogP contribution is 2.30. The van der Waals surface area contributed by atoms with Crippen LogP contribution in [0.5, 0.6) is 0 Å². The van der Waals surface area contributed by atoms with Crippen molar-refractivity contribution in [1.29, 1.82) is 0 Å². The van der Waals surface area contributed by atoms with E-state index in [0.717, 1.165) is 22.2 Å². The standard InChI is InChI=1S/C13H10BrF3N2/c1-8-6-10(14)7-18-12(8)19-11-4-2-9(3-5-11)13(15,16)17/h2-7H,1H3,(H,18,19). The molecular weight excluding hydrogens is 321 g/mol. The summed E-state index contributed by atoms with van der Waals surface area (Å²) in [7, 11) is 0. The fourth-order valence-corrected chi connectivity index (χ4v) is 2.00. The van der Waals surface area contributed by atoms with E-state index in [1.807, 2.05) is 13.0 Å². The number of halogens is 4. The largest absolute Gasteiger partial charge is 0.416 e. The summed E-state index contributed by atoms with van der Waals surface area (Å²) in [6.45, 7) is 1.87. The second-order valence-corrected chi connectivity index (χ2v) is 4.93. The Kier molecular flexibility index (Phi) is 3.80. The molecule has 6 heteroatoms. The van der Waals surface area contributed by atoms with Gasteiger partial charge in [-0.25, -0.2) is 4.98 Å².